The van der Waals surface area contributed by atoms with Gasteiger partial charge in [-0.1, -0.05) is 72.8 Å². The molecule has 1 aliphatic heterocycles. The summed E-state index contributed by atoms with van der Waals surface area (Å²) in [6, 6.07) is 20.1. The molecular formula is C23H18NO2-. The molecule has 128 valence electrons. The van der Waals surface area contributed by atoms with E-state index in [0.29, 0.717) is 11.8 Å². The molecule has 1 heterocycles. The van der Waals surface area contributed by atoms with Crippen LogP contribution in [-0.2, 0) is 0 Å². The maximum absolute atomic E-state index is 11.0. The number of anilines is 1. The number of allylic oxidation sites excluding steroid dienone is 2. The van der Waals surface area contributed by atoms with Crippen molar-refractivity contribution >= 4 is 22.4 Å². The molecule has 3 unspecified atom stereocenters. The monoisotopic (exact) mass is 340 g/mol. The second kappa shape index (κ2) is 5.73. The molecule has 2 aliphatic rings. The van der Waals surface area contributed by atoms with Gasteiger partial charge in [-0.2, -0.15) is 0 Å². The van der Waals surface area contributed by atoms with Crippen LogP contribution >= 0.6 is 0 Å². The molecular weight excluding hydrogens is 322 g/mol. The summed E-state index contributed by atoms with van der Waals surface area (Å²) in [6.45, 7) is 0. The summed E-state index contributed by atoms with van der Waals surface area (Å²) >= 11 is 0. The largest absolute Gasteiger partial charge is 0.545 e. The summed E-state index contributed by atoms with van der Waals surface area (Å²) in [7, 11) is 0. The molecule has 3 aromatic carbocycles. The van der Waals surface area contributed by atoms with Crippen molar-refractivity contribution in [2.75, 3.05) is 5.32 Å². The number of carboxylic acids is 1. The van der Waals surface area contributed by atoms with Crippen LogP contribution in [0, 0.1) is 5.92 Å². The summed E-state index contributed by atoms with van der Waals surface area (Å²) < 4.78 is 0. The Morgan fingerprint density at radius 2 is 1.81 bits per heavy atom. The van der Waals surface area contributed by atoms with E-state index in [9.17, 15) is 9.90 Å². The molecule has 3 nitrogen and oxygen atoms in total. The standard InChI is InChI=1S/C23H19NO2/c25-23(26)16-10-8-15(9-11-16)21-19-7-3-6-18(19)20-13-12-14-4-1-2-5-17(14)22(20)24-21/h1-6,8-13,18-19,21,24H,7H2,(H,25,26)/p-1. The average molecular weight is 340 g/mol. The van der Waals surface area contributed by atoms with E-state index >= 15 is 0 Å². The lowest BCUT2D eigenvalue weighted by molar-refractivity contribution is -0.255. The van der Waals surface area contributed by atoms with Crippen LogP contribution in [-0.4, -0.2) is 5.97 Å². The summed E-state index contributed by atoms with van der Waals surface area (Å²) in [5.74, 6) is -0.302. The fourth-order valence-corrected chi connectivity index (χ4v) is 4.50. The van der Waals surface area contributed by atoms with Gasteiger partial charge >= 0.3 is 0 Å². The summed E-state index contributed by atoms with van der Waals surface area (Å²) in [5, 5.41) is 17.3. The number of rotatable bonds is 2. The van der Waals surface area contributed by atoms with Gasteiger partial charge in [-0.05, 0) is 34.4 Å². The molecule has 5 rings (SSSR count). The van der Waals surface area contributed by atoms with Gasteiger partial charge < -0.3 is 15.2 Å². The highest BCUT2D eigenvalue weighted by atomic mass is 16.4. The van der Waals surface area contributed by atoms with E-state index in [-0.39, 0.29) is 11.6 Å². The van der Waals surface area contributed by atoms with Crippen molar-refractivity contribution in [3.63, 3.8) is 0 Å². The number of carboxylic acid groups (broad SMARTS) is 1. The van der Waals surface area contributed by atoms with Crippen molar-refractivity contribution in [2.45, 2.75) is 18.4 Å². The number of fused-ring (bicyclic) bond motifs is 5. The summed E-state index contributed by atoms with van der Waals surface area (Å²) in [6.07, 6.45) is 5.61. The van der Waals surface area contributed by atoms with Crippen LogP contribution < -0.4 is 10.4 Å². The van der Waals surface area contributed by atoms with Crippen molar-refractivity contribution in [2.24, 2.45) is 5.92 Å². The zero-order valence-corrected chi connectivity index (χ0v) is 14.2. The van der Waals surface area contributed by atoms with Crippen LogP contribution in [0.3, 0.4) is 0 Å². The van der Waals surface area contributed by atoms with Crippen molar-refractivity contribution in [3.05, 3.63) is 89.5 Å². The first-order valence-electron chi connectivity index (χ1n) is 8.98. The molecule has 1 N–H and O–H groups in total. The second-order valence-electron chi connectivity index (χ2n) is 7.14. The number of benzene rings is 3. The van der Waals surface area contributed by atoms with Gasteiger partial charge in [0.05, 0.1) is 12.0 Å². The van der Waals surface area contributed by atoms with Crippen LogP contribution in [0.15, 0.2) is 72.8 Å². The molecule has 3 atom stereocenters. The molecule has 0 bridgehead atoms. The number of carbonyl (C=O) groups excluding carboxylic acids is 1. The van der Waals surface area contributed by atoms with Gasteiger partial charge in [-0.3, -0.25) is 0 Å². The molecule has 0 saturated heterocycles. The lowest BCUT2D eigenvalue weighted by Gasteiger charge is -2.38. The van der Waals surface area contributed by atoms with Crippen LogP contribution in [0.1, 0.15) is 39.9 Å². The second-order valence-corrected chi connectivity index (χ2v) is 7.14. The quantitative estimate of drug-likeness (QED) is 0.717. The SMILES string of the molecule is O=C([O-])c1ccc(C2Nc3c(ccc4ccccc34)C3C=CCC32)cc1. The third-order valence-corrected chi connectivity index (χ3v) is 5.77. The minimum absolute atomic E-state index is 0.157. The van der Waals surface area contributed by atoms with Gasteiger partial charge in [0.1, 0.15) is 0 Å². The zero-order chi connectivity index (χ0) is 17.7. The number of hydrogen-bond donors (Lipinski definition) is 1. The average Bonchev–Trinajstić information content (AvgIpc) is 3.17. The Labute approximate surface area is 152 Å². The lowest BCUT2D eigenvalue weighted by Crippen LogP contribution is -2.29. The van der Waals surface area contributed by atoms with Crippen LogP contribution in [0.4, 0.5) is 5.69 Å². The van der Waals surface area contributed by atoms with Gasteiger partial charge in [0.2, 0.25) is 0 Å². The predicted molar refractivity (Wildman–Crippen MR) is 101 cm³/mol. The molecule has 3 aromatic rings. The Kier molecular flexibility index (Phi) is 3.35. The number of nitrogens with one attached hydrogen (secondary N) is 1. The smallest absolute Gasteiger partial charge is 0.0715 e. The topological polar surface area (TPSA) is 52.2 Å². The van der Waals surface area contributed by atoms with Gasteiger partial charge in [-0.15, -0.1) is 0 Å². The molecule has 0 spiro atoms. The van der Waals surface area contributed by atoms with E-state index in [4.69, 9.17) is 0 Å². The molecule has 0 aromatic heterocycles. The fourth-order valence-electron chi connectivity index (χ4n) is 4.50. The Morgan fingerprint density at radius 3 is 2.62 bits per heavy atom. The highest BCUT2D eigenvalue weighted by Gasteiger charge is 2.38. The zero-order valence-electron chi connectivity index (χ0n) is 14.2. The van der Waals surface area contributed by atoms with Crippen molar-refractivity contribution in [1.82, 2.24) is 0 Å². The van der Waals surface area contributed by atoms with E-state index in [0.717, 1.165) is 12.0 Å². The lowest BCUT2D eigenvalue weighted by atomic mass is 9.76. The molecule has 0 radical (unpaired) electrons. The van der Waals surface area contributed by atoms with Crippen LogP contribution in [0.25, 0.3) is 10.8 Å². The van der Waals surface area contributed by atoms with Crippen molar-refractivity contribution in [3.8, 4) is 0 Å². The van der Waals surface area contributed by atoms with Gasteiger partial charge in [0.15, 0.2) is 0 Å². The van der Waals surface area contributed by atoms with E-state index in [1.807, 2.05) is 12.1 Å². The highest BCUT2D eigenvalue weighted by Crippen LogP contribution is 2.51. The van der Waals surface area contributed by atoms with Crippen molar-refractivity contribution in [1.29, 1.82) is 0 Å². The molecule has 26 heavy (non-hydrogen) atoms. The Morgan fingerprint density at radius 1 is 1.00 bits per heavy atom. The van der Waals surface area contributed by atoms with Gasteiger partial charge in [0, 0.05) is 17.0 Å². The third-order valence-electron chi connectivity index (χ3n) is 5.77. The Balaban J connectivity index is 1.63. The third kappa shape index (κ3) is 2.24. The molecule has 1 aliphatic carbocycles. The van der Waals surface area contributed by atoms with E-state index in [2.05, 4.69) is 53.9 Å². The van der Waals surface area contributed by atoms with E-state index in [1.54, 1.807) is 12.1 Å². The van der Waals surface area contributed by atoms with Crippen molar-refractivity contribution < 1.29 is 9.90 Å². The van der Waals surface area contributed by atoms with E-state index < -0.39 is 5.97 Å². The summed E-state index contributed by atoms with van der Waals surface area (Å²) in [5.41, 5.74) is 3.89. The minimum atomic E-state index is -1.13. The van der Waals surface area contributed by atoms with Gasteiger partial charge in [0.25, 0.3) is 0 Å². The fraction of sp³-hybridized carbons (Fsp3) is 0.174. The molecule has 0 fully saturated rings. The number of aromatic carboxylic acids is 1. The maximum Gasteiger partial charge on any atom is 0.0715 e. The maximum atomic E-state index is 11.0. The molecule has 0 amide bonds. The molecule has 0 saturated carbocycles. The molecule has 3 heteroatoms. The summed E-state index contributed by atoms with van der Waals surface area (Å²) in [4.78, 5) is 11.0. The first-order chi connectivity index (χ1) is 12.7. The minimum Gasteiger partial charge on any atom is -0.545 e. The van der Waals surface area contributed by atoms with Crippen LogP contribution in [0.2, 0.25) is 0 Å². The number of carbonyl (C=O) groups is 1. The highest BCUT2D eigenvalue weighted by molar-refractivity contribution is 5.96. The first kappa shape index (κ1) is 15.2. The Hall–Kier alpha value is -3.07. The van der Waals surface area contributed by atoms with Crippen LogP contribution in [0.5, 0.6) is 0 Å². The number of hydrogen-bond acceptors (Lipinski definition) is 3. The Bertz CT molecular complexity index is 1040. The first-order valence-corrected chi connectivity index (χ1v) is 8.98. The van der Waals surface area contributed by atoms with E-state index in [1.165, 1.54) is 22.0 Å². The predicted octanol–water partition coefficient (Wildman–Crippen LogP) is 4.03. The van der Waals surface area contributed by atoms with Gasteiger partial charge in [-0.25, -0.2) is 0 Å². The normalized spacial score (nSPS) is 23.3.